The number of hydrogen-bond donors (Lipinski definition) is 0. The summed E-state index contributed by atoms with van der Waals surface area (Å²) in [6.45, 7) is 3.83. The molecule has 3 heterocycles. The molecule has 0 aliphatic carbocycles. The van der Waals surface area contributed by atoms with E-state index in [-0.39, 0.29) is 22.6 Å². The summed E-state index contributed by atoms with van der Waals surface area (Å²) in [7, 11) is -3.71. The molecule has 1 aliphatic heterocycles. The van der Waals surface area contributed by atoms with Crippen molar-refractivity contribution in [2.75, 3.05) is 10.9 Å². The highest BCUT2D eigenvalue weighted by molar-refractivity contribution is 7.94. The fraction of sp³-hybridized carbons (Fsp3) is 0.263. The predicted molar refractivity (Wildman–Crippen MR) is 105 cm³/mol. The summed E-state index contributed by atoms with van der Waals surface area (Å²) in [4.78, 5) is 12.3. The Kier molecular flexibility index (Phi) is 4.72. The van der Waals surface area contributed by atoms with Crippen molar-refractivity contribution >= 4 is 33.0 Å². The largest absolute Gasteiger partial charge is 0.461 e. The number of ether oxygens (including phenoxy) is 1. The van der Waals surface area contributed by atoms with Gasteiger partial charge in [-0.05, 0) is 44.0 Å². The highest BCUT2D eigenvalue weighted by Crippen LogP contribution is 2.39. The number of aromatic nitrogens is 1. The molecule has 0 fully saturated rings. The molecule has 7 nitrogen and oxygen atoms in total. The maximum Gasteiger partial charge on any atom is 0.360 e. The average molecular weight is 418 g/mol. The maximum atomic E-state index is 13.3. The summed E-state index contributed by atoms with van der Waals surface area (Å²) in [5, 5.41) is 3.70. The van der Waals surface area contributed by atoms with Crippen molar-refractivity contribution in [3.63, 3.8) is 0 Å². The van der Waals surface area contributed by atoms with Crippen LogP contribution in [0.1, 0.15) is 29.9 Å². The molecule has 0 bridgehead atoms. The summed E-state index contributed by atoms with van der Waals surface area (Å²) in [6.07, 6.45) is 0.679. The van der Waals surface area contributed by atoms with Gasteiger partial charge in [0.15, 0.2) is 11.5 Å². The van der Waals surface area contributed by atoms with Crippen molar-refractivity contribution in [3.8, 4) is 10.6 Å². The lowest BCUT2D eigenvalue weighted by Crippen LogP contribution is -2.35. The summed E-state index contributed by atoms with van der Waals surface area (Å²) in [5.74, 6) is -0.256. The van der Waals surface area contributed by atoms with E-state index in [0.717, 1.165) is 16.9 Å². The maximum absolute atomic E-state index is 13.3. The van der Waals surface area contributed by atoms with Gasteiger partial charge in [-0.1, -0.05) is 23.4 Å². The Labute approximate surface area is 166 Å². The van der Waals surface area contributed by atoms with Crippen LogP contribution in [-0.4, -0.2) is 32.2 Å². The lowest BCUT2D eigenvalue weighted by atomic mass is 10.1. The van der Waals surface area contributed by atoms with Gasteiger partial charge >= 0.3 is 5.97 Å². The van der Waals surface area contributed by atoms with Crippen LogP contribution in [0.5, 0.6) is 0 Å². The minimum absolute atomic E-state index is 0.0525. The number of carbonyl (C=O) groups is 1. The summed E-state index contributed by atoms with van der Waals surface area (Å²) < 4.78 is 38.3. The molecule has 2 aromatic heterocycles. The van der Waals surface area contributed by atoms with Crippen LogP contribution in [0.2, 0.25) is 0 Å². The number of anilines is 1. The first kappa shape index (κ1) is 18.7. The third-order valence-corrected chi connectivity index (χ3v) is 7.97. The Morgan fingerprint density at radius 3 is 2.89 bits per heavy atom. The molecule has 1 aliphatic rings. The highest BCUT2D eigenvalue weighted by Gasteiger charge is 2.36. The number of hydrogen-bond acceptors (Lipinski definition) is 7. The van der Waals surface area contributed by atoms with Crippen LogP contribution in [0.4, 0.5) is 5.69 Å². The van der Waals surface area contributed by atoms with Gasteiger partial charge in [-0.25, -0.2) is 13.2 Å². The van der Waals surface area contributed by atoms with E-state index in [1.165, 1.54) is 10.4 Å². The number of rotatable bonds is 5. The van der Waals surface area contributed by atoms with Gasteiger partial charge < -0.3 is 9.26 Å². The van der Waals surface area contributed by atoms with Crippen molar-refractivity contribution in [3.05, 3.63) is 53.7 Å². The van der Waals surface area contributed by atoms with E-state index in [4.69, 9.17) is 9.26 Å². The van der Waals surface area contributed by atoms with Crippen LogP contribution in [0, 0.1) is 0 Å². The van der Waals surface area contributed by atoms with Gasteiger partial charge in [0.2, 0.25) is 0 Å². The lowest BCUT2D eigenvalue weighted by Gasteiger charge is -2.23. The van der Waals surface area contributed by atoms with Crippen molar-refractivity contribution < 1.29 is 22.5 Å². The van der Waals surface area contributed by atoms with Gasteiger partial charge in [-0.15, -0.1) is 11.3 Å². The number of para-hydroxylation sites is 1. The molecule has 0 N–H and O–H groups in total. The van der Waals surface area contributed by atoms with E-state index in [0.29, 0.717) is 22.7 Å². The molecule has 0 saturated heterocycles. The van der Waals surface area contributed by atoms with Crippen LogP contribution in [0.25, 0.3) is 10.6 Å². The van der Waals surface area contributed by atoms with Crippen LogP contribution in [0.3, 0.4) is 0 Å². The molecule has 0 saturated carbocycles. The molecule has 4 rings (SSSR count). The molecule has 0 radical (unpaired) electrons. The molecule has 1 aromatic carbocycles. The van der Waals surface area contributed by atoms with Crippen LogP contribution >= 0.6 is 11.3 Å². The quantitative estimate of drug-likeness (QED) is 0.587. The Bertz CT molecular complexity index is 1130. The van der Waals surface area contributed by atoms with Crippen LogP contribution < -0.4 is 4.31 Å². The normalized spacial score (nSPS) is 16.2. The number of benzene rings is 1. The van der Waals surface area contributed by atoms with E-state index >= 15 is 0 Å². The molecule has 1 atom stereocenters. The predicted octanol–water partition coefficient (Wildman–Crippen LogP) is 3.72. The van der Waals surface area contributed by atoms with Crippen molar-refractivity contribution in [1.29, 1.82) is 0 Å². The van der Waals surface area contributed by atoms with E-state index in [2.05, 4.69) is 5.16 Å². The number of thiophene rings is 1. The smallest absolute Gasteiger partial charge is 0.360 e. The Hall–Kier alpha value is -2.65. The molecule has 0 spiro atoms. The molecule has 3 aromatic rings. The molecule has 9 heteroatoms. The van der Waals surface area contributed by atoms with Gasteiger partial charge in [0.05, 0.1) is 17.2 Å². The number of nitrogens with zero attached hydrogens (tertiary/aromatic N) is 2. The standard InChI is InChI=1S/C19H18N2O5S2/c1-3-25-19(22)14-11-16(26-20-14)17-8-9-18(27-17)28(23,24)21-12(2)10-13-6-4-5-7-15(13)21/h4-9,11-12H,3,10H2,1-2H3/t12-/m1/s1. The Morgan fingerprint density at radius 2 is 2.11 bits per heavy atom. The van der Waals surface area contributed by atoms with Crippen LogP contribution in [-0.2, 0) is 21.2 Å². The molecular weight excluding hydrogens is 400 g/mol. The first-order valence-corrected chi connectivity index (χ1v) is 11.0. The molecular formula is C19H18N2O5S2. The van der Waals surface area contributed by atoms with E-state index in [1.54, 1.807) is 19.1 Å². The van der Waals surface area contributed by atoms with Gasteiger partial charge in [-0.2, -0.15) is 0 Å². The van der Waals surface area contributed by atoms with Gasteiger partial charge in [0.25, 0.3) is 10.0 Å². The second-order valence-electron chi connectivity index (χ2n) is 6.40. The van der Waals surface area contributed by atoms with Crippen molar-refractivity contribution in [1.82, 2.24) is 5.16 Å². The van der Waals surface area contributed by atoms with E-state index < -0.39 is 16.0 Å². The minimum Gasteiger partial charge on any atom is -0.461 e. The van der Waals surface area contributed by atoms with E-state index in [9.17, 15) is 13.2 Å². The monoisotopic (exact) mass is 418 g/mol. The van der Waals surface area contributed by atoms with Crippen molar-refractivity contribution in [2.45, 2.75) is 30.5 Å². The number of sulfonamides is 1. The molecule has 0 amide bonds. The van der Waals surface area contributed by atoms with Gasteiger partial charge in [-0.3, -0.25) is 4.31 Å². The highest BCUT2D eigenvalue weighted by atomic mass is 32.2. The lowest BCUT2D eigenvalue weighted by molar-refractivity contribution is 0.0514. The Morgan fingerprint density at radius 1 is 1.32 bits per heavy atom. The topological polar surface area (TPSA) is 89.7 Å². The number of carbonyl (C=O) groups excluding carboxylic acids is 1. The summed E-state index contributed by atoms with van der Waals surface area (Å²) in [5.41, 5.74) is 1.79. The summed E-state index contributed by atoms with van der Waals surface area (Å²) in [6, 6.07) is 12.0. The van der Waals surface area contributed by atoms with E-state index in [1.807, 2.05) is 31.2 Å². The number of fused-ring (bicyclic) bond motifs is 1. The number of esters is 1. The fourth-order valence-electron chi connectivity index (χ4n) is 3.28. The zero-order valence-electron chi connectivity index (χ0n) is 15.3. The zero-order chi connectivity index (χ0) is 19.9. The molecule has 146 valence electrons. The SMILES string of the molecule is CCOC(=O)c1cc(-c2ccc(S(=O)(=O)N3c4ccccc4C[C@H]3C)s2)on1. The molecule has 0 unspecified atom stereocenters. The van der Waals surface area contributed by atoms with Crippen molar-refractivity contribution in [2.24, 2.45) is 0 Å². The first-order valence-electron chi connectivity index (χ1n) is 8.78. The fourth-order valence-corrected chi connectivity index (χ4v) is 6.32. The summed E-state index contributed by atoms with van der Waals surface area (Å²) >= 11 is 1.08. The second kappa shape index (κ2) is 7.06. The van der Waals surface area contributed by atoms with Gasteiger partial charge in [0, 0.05) is 12.1 Å². The average Bonchev–Trinajstić information content (AvgIpc) is 3.38. The van der Waals surface area contributed by atoms with Crippen LogP contribution in [0.15, 0.2) is 51.2 Å². The van der Waals surface area contributed by atoms with Gasteiger partial charge in [0.1, 0.15) is 4.21 Å². The third-order valence-electron chi connectivity index (χ3n) is 4.48. The second-order valence-corrected chi connectivity index (χ2v) is 9.52. The first-order chi connectivity index (χ1) is 13.4. The third kappa shape index (κ3) is 3.10. The Balaban J connectivity index is 1.65. The minimum atomic E-state index is -3.71. The molecule has 28 heavy (non-hydrogen) atoms. The zero-order valence-corrected chi connectivity index (χ0v) is 16.9.